The van der Waals surface area contributed by atoms with Crippen LogP contribution in [0.1, 0.15) is 34.1 Å². The molecule has 0 aliphatic rings. The van der Waals surface area contributed by atoms with Crippen molar-refractivity contribution in [1.82, 2.24) is 5.32 Å². The monoisotopic (exact) mass is 461 g/mol. The van der Waals surface area contributed by atoms with Crippen molar-refractivity contribution in [2.75, 3.05) is 29.8 Å². The summed E-state index contributed by atoms with van der Waals surface area (Å²) in [4.78, 5) is 24.4. The van der Waals surface area contributed by atoms with Crippen molar-refractivity contribution in [1.29, 1.82) is 0 Å². The third kappa shape index (κ3) is 6.23. The van der Waals surface area contributed by atoms with E-state index in [4.69, 9.17) is 4.74 Å². The van der Waals surface area contributed by atoms with Crippen molar-refractivity contribution in [3.05, 3.63) is 48.5 Å². The summed E-state index contributed by atoms with van der Waals surface area (Å²) in [5, 5.41) is 5.40. The minimum absolute atomic E-state index is 0.0281. The zero-order valence-electron chi connectivity index (χ0n) is 19.1. The number of nitrogens with one attached hydrogen (secondary N) is 2. The van der Waals surface area contributed by atoms with Gasteiger partial charge in [0.15, 0.2) is 0 Å². The first-order valence-corrected chi connectivity index (χ1v) is 11.8. The molecular weight excluding hydrogens is 430 g/mol. The molecule has 8 nitrogen and oxygen atoms in total. The second-order valence-corrected chi connectivity index (χ2v) is 10.0. The highest BCUT2D eigenvalue weighted by Crippen LogP contribution is 2.30. The number of methoxy groups -OCH3 is 1. The van der Waals surface area contributed by atoms with E-state index in [0.717, 1.165) is 0 Å². The summed E-state index contributed by atoms with van der Waals surface area (Å²) in [6, 6.07) is 13.1. The number of anilines is 2. The van der Waals surface area contributed by atoms with Crippen LogP contribution in [0.3, 0.4) is 0 Å². The average Bonchev–Trinajstić information content (AvgIpc) is 2.74. The van der Waals surface area contributed by atoms with Crippen molar-refractivity contribution in [2.24, 2.45) is 5.41 Å². The van der Waals surface area contributed by atoms with E-state index in [2.05, 4.69) is 10.6 Å². The van der Waals surface area contributed by atoms with Gasteiger partial charge in [-0.05, 0) is 37.3 Å². The molecule has 0 aliphatic heterocycles. The number of carbonyl (C=O) groups is 2. The summed E-state index contributed by atoms with van der Waals surface area (Å²) in [6.07, 6.45) is 0.0348. The van der Waals surface area contributed by atoms with E-state index in [0.29, 0.717) is 11.4 Å². The van der Waals surface area contributed by atoms with Gasteiger partial charge in [0.2, 0.25) is 11.8 Å². The molecule has 0 bridgehead atoms. The van der Waals surface area contributed by atoms with Crippen LogP contribution < -0.4 is 19.7 Å². The fourth-order valence-electron chi connectivity index (χ4n) is 2.93. The number of carbonyl (C=O) groups excluding carboxylic acids is 2. The average molecular weight is 462 g/mol. The zero-order chi connectivity index (χ0) is 23.9. The molecular formula is C23H31N3O5S. The van der Waals surface area contributed by atoms with Crippen LogP contribution in [-0.2, 0) is 19.6 Å². The second kappa shape index (κ2) is 10.5. The Kier molecular flexibility index (Phi) is 8.26. The highest BCUT2D eigenvalue weighted by molar-refractivity contribution is 7.92. The summed E-state index contributed by atoms with van der Waals surface area (Å²) in [6.45, 7) is 7.52. The molecule has 2 N–H and O–H groups in total. The van der Waals surface area contributed by atoms with Gasteiger partial charge in [-0.15, -0.1) is 0 Å². The maximum absolute atomic E-state index is 13.3. The van der Waals surface area contributed by atoms with Crippen LogP contribution in [-0.4, -0.2) is 40.4 Å². The Balaban J connectivity index is 2.21. The van der Waals surface area contributed by atoms with Crippen LogP contribution in [0.15, 0.2) is 53.4 Å². The van der Waals surface area contributed by atoms with Crippen molar-refractivity contribution in [2.45, 2.75) is 39.0 Å². The van der Waals surface area contributed by atoms with Crippen molar-refractivity contribution >= 4 is 33.2 Å². The Morgan fingerprint density at radius 3 is 2.28 bits per heavy atom. The first kappa shape index (κ1) is 25.2. The van der Waals surface area contributed by atoms with Gasteiger partial charge in [-0.3, -0.25) is 13.9 Å². The quantitative estimate of drug-likeness (QED) is 0.596. The van der Waals surface area contributed by atoms with Crippen molar-refractivity contribution in [3.8, 4) is 5.75 Å². The Hall–Kier alpha value is -3.07. The molecule has 2 amide bonds. The maximum Gasteiger partial charge on any atom is 0.264 e. The number of ether oxygens (including phenoxy) is 1. The maximum atomic E-state index is 13.3. The summed E-state index contributed by atoms with van der Waals surface area (Å²) in [7, 11) is -2.43. The number of hydrogen-bond donors (Lipinski definition) is 2. The number of sulfonamides is 1. The lowest BCUT2D eigenvalue weighted by Crippen LogP contribution is -2.36. The number of amides is 2. The topological polar surface area (TPSA) is 105 Å². The standard InChI is InChI=1S/C23H31N3O5S/c1-6-26(17-10-8-7-9-11-17)32(29,30)18-12-13-20(31-5)19(16-18)25-21(27)14-15-24-22(28)23(2,3)4/h7-13,16H,6,14-15H2,1-5H3,(H,24,28)(H,25,27). The zero-order valence-corrected chi connectivity index (χ0v) is 20.0. The molecule has 0 saturated carbocycles. The molecule has 0 radical (unpaired) electrons. The van der Waals surface area contributed by atoms with Gasteiger partial charge >= 0.3 is 0 Å². The van der Waals surface area contributed by atoms with E-state index in [1.165, 1.54) is 29.6 Å². The van der Waals surface area contributed by atoms with Gasteiger partial charge in [0.1, 0.15) is 5.75 Å². The molecule has 9 heteroatoms. The van der Waals surface area contributed by atoms with Gasteiger partial charge in [-0.2, -0.15) is 0 Å². The molecule has 0 aromatic heterocycles. The molecule has 32 heavy (non-hydrogen) atoms. The Morgan fingerprint density at radius 1 is 1.06 bits per heavy atom. The van der Waals surface area contributed by atoms with Gasteiger partial charge in [0.05, 0.1) is 23.4 Å². The van der Waals surface area contributed by atoms with Crippen molar-refractivity contribution in [3.63, 3.8) is 0 Å². The molecule has 0 fully saturated rings. The molecule has 2 rings (SSSR count). The SMILES string of the molecule is CCN(c1ccccc1)S(=O)(=O)c1ccc(OC)c(NC(=O)CCNC(=O)C(C)(C)C)c1. The fraction of sp³-hybridized carbons (Fsp3) is 0.391. The first-order valence-electron chi connectivity index (χ1n) is 10.3. The molecule has 0 aliphatic carbocycles. The van der Waals surface area contributed by atoms with E-state index in [-0.39, 0.29) is 41.9 Å². The third-order valence-electron chi connectivity index (χ3n) is 4.68. The van der Waals surface area contributed by atoms with Gasteiger partial charge in [0, 0.05) is 24.9 Å². The first-order chi connectivity index (χ1) is 15.0. The van der Waals surface area contributed by atoms with Crippen LogP contribution in [0, 0.1) is 5.41 Å². The van der Waals surface area contributed by atoms with Crippen LogP contribution in [0.2, 0.25) is 0 Å². The van der Waals surface area contributed by atoms with E-state index in [9.17, 15) is 18.0 Å². The van der Waals surface area contributed by atoms with Gasteiger partial charge in [-0.1, -0.05) is 39.0 Å². The van der Waals surface area contributed by atoms with Crippen LogP contribution in [0.5, 0.6) is 5.75 Å². The fourth-order valence-corrected chi connectivity index (χ4v) is 4.43. The molecule has 2 aromatic carbocycles. The van der Waals surface area contributed by atoms with Gasteiger partial charge < -0.3 is 15.4 Å². The minimum atomic E-state index is -3.86. The lowest BCUT2D eigenvalue weighted by molar-refractivity contribution is -0.128. The number of benzene rings is 2. The van der Waals surface area contributed by atoms with Gasteiger partial charge in [0.25, 0.3) is 10.0 Å². The molecule has 0 saturated heterocycles. The lowest BCUT2D eigenvalue weighted by atomic mass is 9.96. The van der Waals surface area contributed by atoms with Crippen LogP contribution >= 0.6 is 0 Å². The molecule has 174 valence electrons. The number of hydrogen-bond acceptors (Lipinski definition) is 5. The summed E-state index contributed by atoms with van der Waals surface area (Å²) >= 11 is 0. The normalized spacial score (nSPS) is 11.5. The summed E-state index contributed by atoms with van der Waals surface area (Å²) in [5.41, 5.74) is 0.238. The lowest BCUT2D eigenvalue weighted by Gasteiger charge is -2.23. The molecule has 0 unspecified atom stereocenters. The predicted octanol–water partition coefficient (Wildman–Crippen LogP) is 3.40. The molecule has 0 heterocycles. The van der Waals surface area contributed by atoms with Crippen molar-refractivity contribution < 1.29 is 22.7 Å². The largest absolute Gasteiger partial charge is 0.495 e. The molecule has 0 spiro atoms. The summed E-state index contributed by atoms with van der Waals surface area (Å²) in [5.74, 6) is -0.196. The number of para-hydroxylation sites is 1. The third-order valence-corrected chi connectivity index (χ3v) is 6.58. The van der Waals surface area contributed by atoms with E-state index >= 15 is 0 Å². The van der Waals surface area contributed by atoms with E-state index < -0.39 is 15.4 Å². The highest BCUT2D eigenvalue weighted by Gasteiger charge is 2.25. The number of nitrogens with zero attached hydrogens (tertiary/aromatic N) is 1. The Morgan fingerprint density at radius 2 is 1.72 bits per heavy atom. The second-order valence-electron chi connectivity index (χ2n) is 8.17. The van der Waals surface area contributed by atoms with Crippen LogP contribution in [0.4, 0.5) is 11.4 Å². The van der Waals surface area contributed by atoms with Crippen LogP contribution in [0.25, 0.3) is 0 Å². The van der Waals surface area contributed by atoms with Gasteiger partial charge in [-0.25, -0.2) is 8.42 Å². The molecule has 0 atom stereocenters. The predicted molar refractivity (Wildman–Crippen MR) is 125 cm³/mol. The smallest absolute Gasteiger partial charge is 0.264 e. The minimum Gasteiger partial charge on any atom is -0.495 e. The highest BCUT2D eigenvalue weighted by atomic mass is 32.2. The number of rotatable bonds is 9. The van der Waals surface area contributed by atoms with E-state index in [1.807, 2.05) is 6.07 Å². The summed E-state index contributed by atoms with van der Waals surface area (Å²) < 4.78 is 33.1. The Labute approximate surface area is 190 Å². The Bertz CT molecular complexity index is 1050. The van der Waals surface area contributed by atoms with E-state index in [1.54, 1.807) is 52.0 Å². The molecule has 2 aromatic rings.